The zero-order valence-corrected chi connectivity index (χ0v) is 13.4. The lowest BCUT2D eigenvalue weighted by atomic mass is 10.2. The summed E-state index contributed by atoms with van der Waals surface area (Å²) < 4.78 is 5.22. The lowest BCUT2D eigenvalue weighted by Gasteiger charge is -2.21. The second-order valence-corrected chi connectivity index (χ2v) is 4.74. The van der Waals surface area contributed by atoms with Crippen molar-refractivity contribution < 1.29 is 9.53 Å². The second kappa shape index (κ2) is 9.52. The monoisotopic (exact) mass is 316 g/mol. The van der Waals surface area contributed by atoms with E-state index >= 15 is 0 Å². The first-order valence-electron chi connectivity index (χ1n) is 6.75. The zero-order valence-electron chi connectivity index (χ0n) is 12.6. The fourth-order valence-electron chi connectivity index (χ4n) is 1.75. The molecule has 1 N–H and O–H groups in total. The molecule has 0 radical (unpaired) electrons. The highest BCUT2D eigenvalue weighted by molar-refractivity contribution is 7.80. The molecular weight excluding hydrogens is 296 g/mol. The van der Waals surface area contributed by atoms with Crippen molar-refractivity contribution >= 4 is 29.3 Å². The van der Waals surface area contributed by atoms with Crippen molar-refractivity contribution in [1.82, 2.24) is 10.2 Å². The average molecular weight is 316 g/mol. The van der Waals surface area contributed by atoms with Gasteiger partial charge in [-0.05, 0) is 24.4 Å². The molecule has 0 aliphatic carbocycles. The van der Waals surface area contributed by atoms with Crippen molar-refractivity contribution in [1.29, 1.82) is 0 Å². The Morgan fingerprint density at radius 1 is 1.32 bits per heavy atom. The molecule has 0 atom stereocenters. The van der Waals surface area contributed by atoms with Crippen molar-refractivity contribution in [3.63, 3.8) is 0 Å². The van der Waals surface area contributed by atoms with Crippen LogP contribution in [0, 0.1) is 0 Å². The molecule has 0 spiro atoms. The van der Waals surface area contributed by atoms with Gasteiger partial charge in [-0.15, -0.1) is 13.2 Å². The first-order valence-corrected chi connectivity index (χ1v) is 7.16. The van der Waals surface area contributed by atoms with E-state index in [2.05, 4.69) is 18.5 Å². The summed E-state index contributed by atoms with van der Waals surface area (Å²) in [5.74, 6) is 0.406. The van der Waals surface area contributed by atoms with Crippen LogP contribution in [-0.2, 0) is 4.79 Å². The van der Waals surface area contributed by atoms with Crippen LogP contribution in [0.4, 0.5) is 0 Å². The van der Waals surface area contributed by atoms with Crippen LogP contribution in [-0.4, -0.2) is 36.1 Å². The molecule has 0 bridgehead atoms. The lowest BCUT2D eigenvalue weighted by Crippen LogP contribution is -2.42. The Hall–Kier alpha value is -2.40. The van der Waals surface area contributed by atoms with E-state index in [-0.39, 0.29) is 5.91 Å². The van der Waals surface area contributed by atoms with E-state index in [1.807, 2.05) is 24.3 Å². The molecule has 0 unspecified atom stereocenters. The molecule has 5 heteroatoms. The van der Waals surface area contributed by atoms with E-state index in [9.17, 15) is 4.79 Å². The maximum Gasteiger partial charge on any atom is 0.250 e. The van der Waals surface area contributed by atoms with Gasteiger partial charge in [-0.25, -0.2) is 0 Å². The van der Waals surface area contributed by atoms with Crippen LogP contribution < -0.4 is 10.1 Å². The molecular formula is C17H20N2O2S. The number of benzene rings is 1. The van der Waals surface area contributed by atoms with E-state index < -0.39 is 0 Å². The van der Waals surface area contributed by atoms with Crippen LogP contribution in [0.15, 0.2) is 55.7 Å². The van der Waals surface area contributed by atoms with Crippen LogP contribution in [0.5, 0.6) is 5.75 Å². The van der Waals surface area contributed by atoms with Crippen molar-refractivity contribution in [2.45, 2.75) is 0 Å². The van der Waals surface area contributed by atoms with Crippen molar-refractivity contribution in [2.24, 2.45) is 0 Å². The highest BCUT2D eigenvalue weighted by Crippen LogP contribution is 2.18. The third-order valence-corrected chi connectivity index (χ3v) is 3.13. The highest BCUT2D eigenvalue weighted by atomic mass is 32.1. The maximum atomic E-state index is 11.9. The molecule has 0 aliphatic heterocycles. The smallest absolute Gasteiger partial charge is 0.250 e. The predicted molar refractivity (Wildman–Crippen MR) is 94.7 cm³/mol. The minimum Gasteiger partial charge on any atom is -0.496 e. The van der Waals surface area contributed by atoms with E-state index in [0.29, 0.717) is 24.0 Å². The number of nitrogens with zero attached hydrogens (tertiary/aromatic N) is 1. The number of amides is 1. The summed E-state index contributed by atoms with van der Waals surface area (Å²) >= 11 is 5.20. The number of methoxy groups -OCH3 is 1. The number of carbonyl (C=O) groups is 1. The van der Waals surface area contributed by atoms with Crippen molar-refractivity contribution in [3.8, 4) is 5.75 Å². The average Bonchev–Trinajstić information content (AvgIpc) is 2.52. The minimum absolute atomic E-state index is 0.297. The fourth-order valence-corrected chi connectivity index (χ4v) is 2.00. The summed E-state index contributed by atoms with van der Waals surface area (Å²) in [6.07, 6.45) is 6.53. The fraction of sp³-hybridized carbons (Fsp3) is 0.176. The number of para-hydroxylation sites is 1. The third-order valence-electron chi connectivity index (χ3n) is 2.77. The lowest BCUT2D eigenvalue weighted by molar-refractivity contribution is -0.115. The number of thiocarbonyl (C=S) groups is 1. The number of rotatable bonds is 7. The molecule has 0 aliphatic rings. The molecule has 1 aromatic rings. The van der Waals surface area contributed by atoms with Crippen LogP contribution in [0.25, 0.3) is 6.08 Å². The Morgan fingerprint density at radius 2 is 1.95 bits per heavy atom. The van der Waals surface area contributed by atoms with Gasteiger partial charge < -0.3 is 9.64 Å². The van der Waals surface area contributed by atoms with E-state index in [0.717, 1.165) is 5.56 Å². The molecule has 22 heavy (non-hydrogen) atoms. The van der Waals surface area contributed by atoms with Crippen molar-refractivity contribution in [3.05, 3.63) is 61.2 Å². The second-order valence-electron chi connectivity index (χ2n) is 4.35. The number of nitrogens with one attached hydrogen (secondary N) is 1. The number of hydrogen-bond donors (Lipinski definition) is 1. The van der Waals surface area contributed by atoms with Gasteiger partial charge in [0.05, 0.1) is 7.11 Å². The van der Waals surface area contributed by atoms with Crippen LogP contribution in [0.2, 0.25) is 0 Å². The molecule has 0 saturated heterocycles. The number of carbonyl (C=O) groups excluding carboxylic acids is 1. The number of ether oxygens (including phenoxy) is 1. The van der Waals surface area contributed by atoms with Crippen LogP contribution in [0.3, 0.4) is 0 Å². The summed E-state index contributed by atoms with van der Waals surface area (Å²) in [4.78, 5) is 13.7. The molecule has 1 rings (SSSR count). The summed E-state index contributed by atoms with van der Waals surface area (Å²) in [6.45, 7) is 8.41. The first kappa shape index (κ1) is 17.7. The van der Waals surface area contributed by atoms with Gasteiger partial charge in [0.2, 0.25) is 5.91 Å². The molecule has 0 aromatic heterocycles. The van der Waals surface area contributed by atoms with Gasteiger partial charge in [-0.1, -0.05) is 30.4 Å². The first-order chi connectivity index (χ1) is 10.6. The molecule has 0 saturated carbocycles. The summed E-state index contributed by atoms with van der Waals surface area (Å²) in [7, 11) is 1.59. The Bertz CT molecular complexity index is 572. The largest absolute Gasteiger partial charge is 0.496 e. The molecule has 1 aromatic carbocycles. The van der Waals surface area contributed by atoms with Crippen molar-refractivity contribution in [2.75, 3.05) is 20.2 Å². The Morgan fingerprint density at radius 3 is 2.55 bits per heavy atom. The van der Waals surface area contributed by atoms with Gasteiger partial charge >= 0.3 is 0 Å². The van der Waals surface area contributed by atoms with Gasteiger partial charge in [-0.2, -0.15) is 0 Å². The molecule has 0 fully saturated rings. The Balaban J connectivity index is 2.68. The maximum absolute atomic E-state index is 11.9. The van der Waals surface area contributed by atoms with Gasteiger partial charge in [-0.3, -0.25) is 10.1 Å². The highest BCUT2D eigenvalue weighted by Gasteiger charge is 2.08. The van der Waals surface area contributed by atoms with Gasteiger partial charge in [0, 0.05) is 24.7 Å². The summed E-state index contributed by atoms with van der Waals surface area (Å²) in [5.41, 5.74) is 0.820. The Labute approximate surface area is 136 Å². The van der Waals surface area contributed by atoms with E-state index in [1.54, 1.807) is 30.2 Å². The standard InChI is InChI=1S/C17H20N2O2S/c1-4-12-19(13-5-2)17(22)18-16(20)11-10-14-8-6-7-9-15(14)21-3/h4-11H,1-2,12-13H2,3H3,(H,18,20,22)/b11-10+. The van der Waals surface area contributed by atoms with E-state index in [1.165, 1.54) is 6.08 Å². The summed E-state index contributed by atoms with van der Waals surface area (Å²) in [6, 6.07) is 7.44. The molecule has 4 nitrogen and oxygen atoms in total. The number of hydrogen-bond acceptors (Lipinski definition) is 3. The van der Waals surface area contributed by atoms with E-state index in [4.69, 9.17) is 17.0 Å². The van der Waals surface area contributed by atoms with Crippen LogP contribution >= 0.6 is 12.2 Å². The van der Waals surface area contributed by atoms with Gasteiger partial charge in [0.25, 0.3) is 0 Å². The molecule has 0 heterocycles. The Kier molecular flexibility index (Phi) is 7.64. The predicted octanol–water partition coefficient (Wildman–Crippen LogP) is 2.78. The third kappa shape index (κ3) is 5.54. The zero-order chi connectivity index (χ0) is 16.4. The quantitative estimate of drug-likeness (QED) is 0.477. The molecule has 116 valence electrons. The van der Waals surface area contributed by atoms with Gasteiger partial charge in [0.15, 0.2) is 5.11 Å². The molecule has 1 amide bonds. The normalized spacial score (nSPS) is 10.0. The van der Waals surface area contributed by atoms with Crippen LogP contribution in [0.1, 0.15) is 5.56 Å². The summed E-state index contributed by atoms with van der Waals surface area (Å²) in [5, 5.41) is 2.99. The SMILES string of the molecule is C=CCN(CC=C)C(=S)NC(=O)/C=C/c1ccccc1OC. The topological polar surface area (TPSA) is 41.6 Å². The van der Waals surface area contributed by atoms with Gasteiger partial charge in [0.1, 0.15) is 5.75 Å². The minimum atomic E-state index is -0.297.